The van der Waals surface area contributed by atoms with E-state index in [4.69, 9.17) is 4.74 Å². The third-order valence-electron chi connectivity index (χ3n) is 5.57. The summed E-state index contributed by atoms with van der Waals surface area (Å²) in [6, 6.07) is 7.81. The molecule has 9 heteroatoms. The fourth-order valence-electron chi connectivity index (χ4n) is 3.93. The molecule has 1 saturated heterocycles. The fourth-order valence-corrected chi connectivity index (χ4v) is 3.93. The van der Waals surface area contributed by atoms with Gasteiger partial charge in [-0.1, -0.05) is 12.1 Å². The Morgan fingerprint density at radius 1 is 1.20 bits per heavy atom. The standard InChI is InChI=1S/C21H28N6O3/c1-2-30-16-5-3-15(4-6-16)14-26-10-9-18-24-25-19(27(18)12-11-26)13-22-21(29)17-7-8-20(28)23-17/h3-6,17H,2,7-14H2,1H3,(H,22,29)(H,23,28). The molecule has 0 bridgehead atoms. The van der Waals surface area contributed by atoms with Crippen LogP contribution in [0.2, 0.25) is 0 Å². The van der Waals surface area contributed by atoms with Gasteiger partial charge in [0, 0.05) is 39.0 Å². The number of carbonyl (C=O) groups is 2. The van der Waals surface area contributed by atoms with Crippen molar-refractivity contribution in [1.29, 1.82) is 0 Å². The first-order valence-corrected chi connectivity index (χ1v) is 10.5. The van der Waals surface area contributed by atoms with Gasteiger partial charge in [-0.2, -0.15) is 0 Å². The summed E-state index contributed by atoms with van der Waals surface area (Å²) in [4.78, 5) is 25.9. The molecular weight excluding hydrogens is 384 g/mol. The molecule has 0 radical (unpaired) electrons. The van der Waals surface area contributed by atoms with Crippen LogP contribution in [-0.4, -0.2) is 57.2 Å². The van der Waals surface area contributed by atoms with E-state index < -0.39 is 6.04 Å². The number of amides is 2. The van der Waals surface area contributed by atoms with E-state index in [0.717, 1.165) is 50.0 Å². The second kappa shape index (κ2) is 9.25. The average molecular weight is 412 g/mol. The highest BCUT2D eigenvalue weighted by Crippen LogP contribution is 2.16. The van der Waals surface area contributed by atoms with Gasteiger partial charge in [-0.05, 0) is 31.0 Å². The van der Waals surface area contributed by atoms with Gasteiger partial charge in [-0.3, -0.25) is 14.5 Å². The predicted octanol–water partition coefficient (Wildman–Crippen LogP) is 0.630. The van der Waals surface area contributed by atoms with Crippen LogP contribution in [0.1, 0.15) is 37.0 Å². The van der Waals surface area contributed by atoms with Crippen LogP contribution in [0.3, 0.4) is 0 Å². The van der Waals surface area contributed by atoms with Crippen LogP contribution in [0.15, 0.2) is 24.3 Å². The maximum Gasteiger partial charge on any atom is 0.242 e. The van der Waals surface area contributed by atoms with Gasteiger partial charge in [0.15, 0.2) is 5.82 Å². The van der Waals surface area contributed by atoms with Crippen molar-refractivity contribution in [2.75, 3.05) is 19.7 Å². The summed E-state index contributed by atoms with van der Waals surface area (Å²) in [6.07, 6.45) is 1.77. The number of carbonyl (C=O) groups excluding carboxylic acids is 2. The minimum absolute atomic E-state index is 0.0703. The highest BCUT2D eigenvalue weighted by atomic mass is 16.5. The number of fused-ring (bicyclic) bond motifs is 1. The normalized spacial score (nSPS) is 19.1. The minimum Gasteiger partial charge on any atom is -0.494 e. The number of nitrogens with zero attached hydrogens (tertiary/aromatic N) is 4. The van der Waals surface area contributed by atoms with Crippen LogP contribution in [0.25, 0.3) is 0 Å². The van der Waals surface area contributed by atoms with Gasteiger partial charge in [0.1, 0.15) is 17.6 Å². The summed E-state index contributed by atoms with van der Waals surface area (Å²) in [5.74, 6) is 2.36. The Balaban J connectivity index is 1.31. The van der Waals surface area contributed by atoms with E-state index in [1.165, 1.54) is 5.56 Å². The Labute approximate surface area is 175 Å². The van der Waals surface area contributed by atoms with Gasteiger partial charge < -0.3 is 19.9 Å². The molecule has 1 aromatic carbocycles. The van der Waals surface area contributed by atoms with E-state index in [9.17, 15) is 9.59 Å². The second-order valence-electron chi connectivity index (χ2n) is 7.66. The van der Waals surface area contributed by atoms with Crippen LogP contribution in [0.4, 0.5) is 0 Å². The van der Waals surface area contributed by atoms with Crippen molar-refractivity contribution in [1.82, 2.24) is 30.3 Å². The molecule has 2 aromatic rings. The number of hydrogen-bond acceptors (Lipinski definition) is 6. The van der Waals surface area contributed by atoms with E-state index in [-0.39, 0.29) is 11.8 Å². The van der Waals surface area contributed by atoms with Gasteiger partial charge in [0.05, 0.1) is 13.2 Å². The third kappa shape index (κ3) is 4.79. The monoisotopic (exact) mass is 412 g/mol. The molecule has 2 amide bonds. The first-order valence-electron chi connectivity index (χ1n) is 10.5. The molecule has 0 saturated carbocycles. The van der Waals surface area contributed by atoms with Gasteiger partial charge in [0.2, 0.25) is 11.8 Å². The van der Waals surface area contributed by atoms with Crippen LogP contribution >= 0.6 is 0 Å². The largest absolute Gasteiger partial charge is 0.494 e. The Morgan fingerprint density at radius 3 is 2.77 bits per heavy atom. The lowest BCUT2D eigenvalue weighted by Gasteiger charge is -2.20. The molecule has 2 aliphatic heterocycles. The first-order chi connectivity index (χ1) is 14.6. The van der Waals surface area contributed by atoms with Crippen molar-refractivity contribution >= 4 is 11.8 Å². The molecule has 1 fully saturated rings. The highest BCUT2D eigenvalue weighted by molar-refractivity contribution is 5.90. The minimum atomic E-state index is -0.436. The molecule has 30 heavy (non-hydrogen) atoms. The van der Waals surface area contributed by atoms with Crippen LogP contribution in [0.5, 0.6) is 5.75 Å². The number of ether oxygens (including phenoxy) is 1. The molecule has 0 aliphatic carbocycles. The summed E-state index contributed by atoms with van der Waals surface area (Å²) in [5, 5.41) is 14.2. The first kappa shape index (κ1) is 20.3. The maximum absolute atomic E-state index is 12.2. The zero-order valence-corrected chi connectivity index (χ0v) is 17.3. The molecule has 160 valence electrons. The lowest BCUT2D eigenvalue weighted by atomic mass is 10.2. The van der Waals surface area contributed by atoms with Crippen molar-refractivity contribution in [3.8, 4) is 5.75 Å². The van der Waals surface area contributed by atoms with Gasteiger partial charge in [-0.15, -0.1) is 10.2 Å². The van der Waals surface area contributed by atoms with Gasteiger partial charge in [0.25, 0.3) is 0 Å². The SMILES string of the molecule is CCOc1ccc(CN2CCc3nnc(CNC(=O)C4CCC(=O)N4)n3CC2)cc1. The van der Waals surface area contributed by atoms with Crippen molar-refractivity contribution in [3.63, 3.8) is 0 Å². The van der Waals surface area contributed by atoms with Crippen LogP contribution in [-0.2, 0) is 35.6 Å². The van der Waals surface area contributed by atoms with Gasteiger partial charge >= 0.3 is 0 Å². The summed E-state index contributed by atoms with van der Waals surface area (Å²) < 4.78 is 7.61. The zero-order valence-electron chi connectivity index (χ0n) is 17.3. The Bertz CT molecular complexity index is 895. The van der Waals surface area contributed by atoms with E-state index >= 15 is 0 Å². The Hall–Kier alpha value is -2.94. The molecule has 2 N–H and O–H groups in total. The number of nitrogens with one attached hydrogen (secondary N) is 2. The quantitative estimate of drug-likeness (QED) is 0.692. The molecule has 1 atom stereocenters. The van der Waals surface area contributed by atoms with E-state index in [2.05, 4.69) is 42.4 Å². The number of aromatic nitrogens is 3. The Morgan fingerprint density at radius 2 is 2.03 bits per heavy atom. The van der Waals surface area contributed by atoms with Gasteiger partial charge in [-0.25, -0.2) is 0 Å². The van der Waals surface area contributed by atoms with Crippen molar-refractivity contribution in [2.45, 2.75) is 51.9 Å². The third-order valence-corrected chi connectivity index (χ3v) is 5.57. The topological polar surface area (TPSA) is 101 Å². The number of hydrogen-bond donors (Lipinski definition) is 2. The molecule has 9 nitrogen and oxygen atoms in total. The molecule has 3 heterocycles. The molecule has 0 spiro atoms. The maximum atomic E-state index is 12.2. The molecular formula is C21H28N6O3. The van der Waals surface area contributed by atoms with Crippen molar-refractivity contribution in [3.05, 3.63) is 41.5 Å². The lowest BCUT2D eigenvalue weighted by Crippen LogP contribution is -2.41. The second-order valence-corrected chi connectivity index (χ2v) is 7.66. The molecule has 4 rings (SSSR count). The highest BCUT2D eigenvalue weighted by Gasteiger charge is 2.27. The number of benzene rings is 1. The average Bonchev–Trinajstić information content (AvgIpc) is 3.30. The van der Waals surface area contributed by atoms with E-state index in [0.29, 0.717) is 26.0 Å². The molecule has 1 aromatic heterocycles. The van der Waals surface area contributed by atoms with E-state index in [1.807, 2.05) is 19.1 Å². The van der Waals surface area contributed by atoms with Crippen LogP contribution < -0.4 is 15.4 Å². The summed E-state index contributed by atoms with van der Waals surface area (Å²) >= 11 is 0. The predicted molar refractivity (Wildman–Crippen MR) is 110 cm³/mol. The molecule has 1 unspecified atom stereocenters. The smallest absolute Gasteiger partial charge is 0.242 e. The Kier molecular flexibility index (Phi) is 6.27. The van der Waals surface area contributed by atoms with E-state index in [1.54, 1.807) is 0 Å². The van der Waals surface area contributed by atoms with Crippen molar-refractivity contribution in [2.24, 2.45) is 0 Å². The van der Waals surface area contributed by atoms with Crippen LogP contribution in [0, 0.1) is 0 Å². The number of rotatable bonds is 7. The summed E-state index contributed by atoms with van der Waals surface area (Å²) in [7, 11) is 0. The summed E-state index contributed by atoms with van der Waals surface area (Å²) in [5.41, 5.74) is 1.25. The summed E-state index contributed by atoms with van der Waals surface area (Å²) in [6.45, 7) is 6.42. The fraction of sp³-hybridized carbons (Fsp3) is 0.524. The molecule has 2 aliphatic rings. The van der Waals surface area contributed by atoms with Crippen molar-refractivity contribution < 1.29 is 14.3 Å². The zero-order chi connectivity index (χ0) is 20.9. The lowest BCUT2D eigenvalue weighted by molar-refractivity contribution is -0.125.